The van der Waals surface area contributed by atoms with E-state index in [1.165, 1.54) is 13.2 Å². The van der Waals surface area contributed by atoms with Crippen molar-refractivity contribution in [3.63, 3.8) is 0 Å². The summed E-state index contributed by atoms with van der Waals surface area (Å²) >= 11 is 3.14. The minimum absolute atomic E-state index is 0.0588. The smallest absolute Gasteiger partial charge is 0.326 e. The number of rotatable bonds is 6. The Morgan fingerprint density at radius 3 is 2.78 bits per heavy atom. The van der Waals surface area contributed by atoms with Crippen LogP contribution in [0.5, 0.6) is 11.5 Å². The number of hydrogen-bond donors (Lipinski definition) is 3. The van der Waals surface area contributed by atoms with E-state index < -0.39 is 12.0 Å². The summed E-state index contributed by atoms with van der Waals surface area (Å²) in [4.78, 5) is 21.2. The summed E-state index contributed by atoms with van der Waals surface area (Å²) in [6.07, 6.45) is 0.425. The largest absolute Gasteiger partial charge is 0.503 e. The van der Waals surface area contributed by atoms with Crippen LogP contribution in [0.3, 0.4) is 0 Å². The number of carbonyl (C=O) groups excluding carboxylic acids is 1. The second-order valence-electron chi connectivity index (χ2n) is 3.51. The number of carboxylic acids is 1. The van der Waals surface area contributed by atoms with Gasteiger partial charge in [0.15, 0.2) is 11.5 Å². The normalized spacial score (nSPS) is 11.7. The van der Waals surface area contributed by atoms with E-state index in [4.69, 9.17) is 9.84 Å². The quantitative estimate of drug-likeness (QED) is 0.678. The van der Waals surface area contributed by atoms with Crippen molar-refractivity contribution in [2.45, 2.75) is 12.5 Å². The van der Waals surface area contributed by atoms with Crippen LogP contribution in [0.15, 0.2) is 16.6 Å². The number of nitrogens with one attached hydrogen (secondary N) is 1. The molecule has 1 aromatic carbocycles. The third-order valence-electron chi connectivity index (χ3n) is 2.32. The lowest BCUT2D eigenvalue weighted by Gasteiger charge is -2.13. The average molecular weight is 318 g/mol. The summed E-state index contributed by atoms with van der Waals surface area (Å²) in [5.74, 6) is -0.962. The Balaban J connectivity index is 2.99. The van der Waals surface area contributed by atoms with E-state index >= 15 is 0 Å². The van der Waals surface area contributed by atoms with Crippen LogP contribution in [-0.2, 0) is 16.0 Å². The van der Waals surface area contributed by atoms with Gasteiger partial charge in [-0.1, -0.05) is 0 Å². The number of carbonyl (C=O) groups is 2. The number of benzene rings is 1. The van der Waals surface area contributed by atoms with E-state index in [-0.39, 0.29) is 17.9 Å². The third kappa shape index (κ3) is 3.36. The van der Waals surface area contributed by atoms with Gasteiger partial charge in [0.05, 0.1) is 11.6 Å². The molecule has 0 saturated carbocycles. The molecule has 0 fully saturated rings. The van der Waals surface area contributed by atoms with Crippen molar-refractivity contribution >= 4 is 28.3 Å². The van der Waals surface area contributed by atoms with E-state index in [9.17, 15) is 14.7 Å². The number of phenolic OH excluding ortho intramolecular Hbond substituents is 1. The summed E-state index contributed by atoms with van der Waals surface area (Å²) < 4.78 is 5.35. The topological polar surface area (TPSA) is 95.9 Å². The molecule has 1 amide bonds. The first-order valence-corrected chi connectivity index (χ1v) is 5.76. The highest BCUT2D eigenvalue weighted by molar-refractivity contribution is 9.10. The molecule has 0 aliphatic carbocycles. The summed E-state index contributed by atoms with van der Waals surface area (Å²) in [5, 5.41) is 20.7. The average Bonchev–Trinajstić information content (AvgIpc) is 2.32. The molecule has 0 aliphatic rings. The molecule has 18 heavy (non-hydrogen) atoms. The predicted octanol–water partition coefficient (Wildman–Crippen LogP) is 0.905. The first kappa shape index (κ1) is 14.3. The zero-order chi connectivity index (χ0) is 13.7. The number of hydrogen-bond acceptors (Lipinski definition) is 4. The van der Waals surface area contributed by atoms with Crippen LogP contribution in [-0.4, -0.2) is 35.7 Å². The van der Waals surface area contributed by atoms with Crippen molar-refractivity contribution in [3.05, 3.63) is 22.2 Å². The van der Waals surface area contributed by atoms with Gasteiger partial charge in [0.25, 0.3) is 0 Å². The maximum atomic E-state index is 10.9. The van der Waals surface area contributed by atoms with Gasteiger partial charge in [-0.3, -0.25) is 4.79 Å². The first-order valence-electron chi connectivity index (χ1n) is 4.97. The SMILES string of the molecule is COc1cc(CC(NC=O)C(=O)O)cc(Br)c1O. The molecule has 98 valence electrons. The lowest BCUT2D eigenvalue weighted by Crippen LogP contribution is -2.37. The Bertz CT molecular complexity index is 463. The molecule has 3 N–H and O–H groups in total. The number of aromatic hydroxyl groups is 1. The molecule has 1 atom stereocenters. The van der Waals surface area contributed by atoms with Crippen molar-refractivity contribution in [2.24, 2.45) is 0 Å². The van der Waals surface area contributed by atoms with E-state index in [0.717, 1.165) is 0 Å². The maximum Gasteiger partial charge on any atom is 0.326 e. The number of methoxy groups -OCH3 is 1. The highest BCUT2D eigenvalue weighted by atomic mass is 79.9. The minimum Gasteiger partial charge on any atom is -0.503 e. The predicted molar refractivity (Wildman–Crippen MR) is 66.7 cm³/mol. The fraction of sp³-hybridized carbons (Fsp3) is 0.273. The lowest BCUT2D eigenvalue weighted by atomic mass is 10.1. The summed E-state index contributed by atoms with van der Waals surface area (Å²) in [5.41, 5.74) is 0.610. The van der Waals surface area contributed by atoms with Gasteiger partial charge in [-0.25, -0.2) is 4.79 Å². The van der Waals surface area contributed by atoms with Gasteiger partial charge in [0, 0.05) is 6.42 Å². The standard InChI is InChI=1S/C11H12BrNO5/c1-18-9-4-6(2-7(12)10(9)15)3-8(11(16)17)13-5-14/h2,4-5,8,15H,3H2,1H3,(H,13,14)(H,16,17). The second kappa shape index (κ2) is 6.25. The van der Waals surface area contributed by atoms with Crippen molar-refractivity contribution < 1.29 is 24.5 Å². The molecule has 0 heterocycles. The number of aliphatic carboxylic acids is 1. The maximum absolute atomic E-state index is 10.9. The molecule has 0 saturated heterocycles. The van der Waals surface area contributed by atoms with Crippen LogP contribution in [0.1, 0.15) is 5.56 Å². The zero-order valence-electron chi connectivity index (χ0n) is 9.51. The Labute approximate surface area is 112 Å². The molecular weight excluding hydrogens is 306 g/mol. The minimum atomic E-state index is -1.13. The Morgan fingerprint density at radius 1 is 1.61 bits per heavy atom. The number of ether oxygens (including phenoxy) is 1. The number of amides is 1. The third-order valence-corrected chi connectivity index (χ3v) is 2.92. The van der Waals surface area contributed by atoms with Crippen LogP contribution in [0.4, 0.5) is 0 Å². The molecule has 0 aromatic heterocycles. The first-order chi connectivity index (χ1) is 8.49. The van der Waals surface area contributed by atoms with E-state index in [1.807, 2.05) is 0 Å². The molecule has 0 bridgehead atoms. The Kier molecular flexibility index (Phi) is 4.96. The highest BCUT2D eigenvalue weighted by Crippen LogP contribution is 2.35. The van der Waals surface area contributed by atoms with Gasteiger partial charge in [-0.2, -0.15) is 0 Å². The molecule has 6 nitrogen and oxygen atoms in total. The highest BCUT2D eigenvalue weighted by Gasteiger charge is 2.18. The molecule has 1 aromatic rings. The van der Waals surface area contributed by atoms with Crippen molar-refractivity contribution in [1.82, 2.24) is 5.32 Å². The molecular formula is C11H12BrNO5. The van der Waals surface area contributed by atoms with Gasteiger partial charge in [0.1, 0.15) is 6.04 Å². The fourth-order valence-corrected chi connectivity index (χ4v) is 1.93. The van der Waals surface area contributed by atoms with Crippen LogP contribution in [0.2, 0.25) is 0 Å². The van der Waals surface area contributed by atoms with E-state index in [2.05, 4.69) is 21.2 Å². The van der Waals surface area contributed by atoms with Crippen molar-refractivity contribution in [3.8, 4) is 11.5 Å². The molecule has 1 rings (SSSR count). The van der Waals surface area contributed by atoms with Gasteiger partial charge < -0.3 is 20.3 Å². The molecule has 0 spiro atoms. The van der Waals surface area contributed by atoms with Crippen molar-refractivity contribution in [1.29, 1.82) is 0 Å². The van der Waals surface area contributed by atoms with Gasteiger partial charge in [-0.15, -0.1) is 0 Å². The molecule has 1 unspecified atom stereocenters. The second-order valence-corrected chi connectivity index (χ2v) is 4.36. The molecule has 0 radical (unpaired) electrons. The molecule has 7 heteroatoms. The number of carboxylic acid groups (broad SMARTS) is 1. The summed E-state index contributed by atoms with van der Waals surface area (Å²) in [6.45, 7) is 0. The number of halogens is 1. The summed E-state index contributed by atoms with van der Waals surface area (Å²) in [6, 6.07) is 2.06. The molecule has 0 aliphatic heterocycles. The lowest BCUT2D eigenvalue weighted by molar-refractivity contribution is -0.140. The van der Waals surface area contributed by atoms with Gasteiger partial charge in [0.2, 0.25) is 6.41 Å². The van der Waals surface area contributed by atoms with Gasteiger partial charge >= 0.3 is 5.97 Å². The van der Waals surface area contributed by atoms with Gasteiger partial charge in [-0.05, 0) is 33.6 Å². The zero-order valence-corrected chi connectivity index (χ0v) is 11.1. The monoisotopic (exact) mass is 317 g/mol. The number of phenols is 1. The van der Waals surface area contributed by atoms with Crippen LogP contribution >= 0.6 is 15.9 Å². The van der Waals surface area contributed by atoms with E-state index in [1.54, 1.807) is 6.07 Å². The van der Waals surface area contributed by atoms with E-state index in [0.29, 0.717) is 16.4 Å². The Morgan fingerprint density at radius 2 is 2.28 bits per heavy atom. The fourth-order valence-electron chi connectivity index (χ4n) is 1.44. The van der Waals surface area contributed by atoms with Crippen LogP contribution in [0, 0.1) is 0 Å². The van der Waals surface area contributed by atoms with Crippen molar-refractivity contribution in [2.75, 3.05) is 7.11 Å². The summed E-state index contributed by atoms with van der Waals surface area (Å²) in [7, 11) is 1.39. The van der Waals surface area contributed by atoms with Crippen LogP contribution in [0.25, 0.3) is 0 Å². The van der Waals surface area contributed by atoms with Crippen LogP contribution < -0.4 is 10.1 Å². The Hall–Kier alpha value is -1.76.